The molecule has 0 spiro atoms. The molecule has 0 radical (unpaired) electrons. The van der Waals surface area contributed by atoms with E-state index >= 15 is 0 Å². The Balaban J connectivity index is 1.17. The molecule has 3 aliphatic rings. The number of amides is 2. The minimum Gasteiger partial charge on any atom is -0.454 e. The van der Waals surface area contributed by atoms with E-state index in [4.69, 9.17) is 9.47 Å². The molecule has 2 amide bonds. The number of carbonyl (C=O) groups excluding carboxylic acids is 3. The molecule has 0 aliphatic carbocycles. The monoisotopic (exact) mass is 559 g/mol. The largest absolute Gasteiger partial charge is 0.454 e. The van der Waals surface area contributed by atoms with Gasteiger partial charge in [0.2, 0.25) is 5.91 Å². The second kappa shape index (κ2) is 10.2. The first-order valence-electron chi connectivity index (χ1n) is 11.6. The summed E-state index contributed by atoms with van der Waals surface area (Å²) in [5, 5.41) is 2.76. The number of fused-ring (bicyclic) bond motifs is 1. The van der Waals surface area contributed by atoms with Crippen molar-refractivity contribution in [3.63, 3.8) is 0 Å². The molecule has 3 heterocycles. The van der Waals surface area contributed by atoms with E-state index in [1.807, 2.05) is 48.5 Å². The van der Waals surface area contributed by atoms with Gasteiger partial charge >= 0.3 is 5.97 Å². The van der Waals surface area contributed by atoms with Crippen molar-refractivity contribution in [2.75, 3.05) is 48.9 Å². The van der Waals surface area contributed by atoms with Gasteiger partial charge in [-0.1, -0.05) is 28.1 Å². The van der Waals surface area contributed by atoms with Crippen LogP contribution in [0.1, 0.15) is 18.4 Å². The predicted molar refractivity (Wildman–Crippen MR) is 137 cm³/mol. The maximum absolute atomic E-state index is 12.9. The number of halogens is 1. The molecule has 10 heteroatoms. The number of benzene rings is 2. The van der Waals surface area contributed by atoms with Crippen LogP contribution >= 0.6 is 27.7 Å². The molecule has 35 heavy (non-hydrogen) atoms. The minimum absolute atomic E-state index is 0.0651. The number of hydrogen-bond acceptors (Lipinski definition) is 7. The molecule has 2 aromatic carbocycles. The molecule has 0 bridgehead atoms. The molecule has 3 aliphatic heterocycles. The lowest BCUT2D eigenvalue weighted by molar-refractivity contribution is -0.155. The van der Waals surface area contributed by atoms with E-state index in [-0.39, 0.29) is 5.91 Å². The quantitative estimate of drug-likeness (QED) is 0.543. The van der Waals surface area contributed by atoms with Crippen molar-refractivity contribution in [2.24, 2.45) is 0 Å². The average molecular weight is 560 g/mol. The summed E-state index contributed by atoms with van der Waals surface area (Å²) in [5.74, 6) is -0.602. The van der Waals surface area contributed by atoms with E-state index in [0.717, 1.165) is 28.8 Å². The third-order valence-corrected chi connectivity index (χ3v) is 8.69. The highest BCUT2D eigenvalue weighted by Crippen LogP contribution is 2.54. The maximum Gasteiger partial charge on any atom is 0.330 e. The first-order valence-corrected chi connectivity index (χ1v) is 13.4. The van der Waals surface area contributed by atoms with Gasteiger partial charge in [-0.3, -0.25) is 9.59 Å². The van der Waals surface area contributed by atoms with Gasteiger partial charge in [0.15, 0.2) is 6.61 Å². The van der Waals surface area contributed by atoms with Crippen LogP contribution in [0.3, 0.4) is 0 Å². The predicted octanol–water partition coefficient (Wildman–Crippen LogP) is 3.36. The summed E-state index contributed by atoms with van der Waals surface area (Å²) >= 11 is 5.03. The van der Waals surface area contributed by atoms with Gasteiger partial charge in [-0.25, -0.2) is 4.79 Å². The Morgan fingerprint density at radius 1 is 1.11 bits per heavy atom. The highest BCUT2D eigenvalue weighted by molar-refractivity contribution is 9.10. The van der Waals surface area contributed by atoms with Crippen LogP contribution in [0.2, 0.25) is 0 Å². The van der Waals surface area contributed by atoms with Gasteiger partial charge in [0.25, 0.3) is 5.91 Å². The Hall–Kier alpha value is -2.56. The van der Waals surface area contributed by atoms with Crippen LogP contribution in [-0.4, -0.2) is 67.4 Å². The molecular weight excluding hydrogens is 534 g/mol. The Morgan fingerprint density at radius 3 is 2.54 bits per heavy atom. The van der Waals surface area contributed by atoms with E-state index in [1.165, 1.54) is 0 Å². The number of nitrogens with one attached hydrogen (secondary N) is 1. The molecule has 2 aromatic rings. The molecule has 5 rings (SSSR count). The van der Waals surface area contributed by atoms with E-state index in [2.05, 4.69) is 26.1 Å². The summed E-state index contributed by atoms with van der Waals surface area (Å²) < 4.78 is 11.7. The lowest BCUT2D eigenvalue weighted by atomic mass is 10.0. The number of thioether (sulfide) groups is 1. The van der Waals surface area contributed by atoms with Crippen molar-refractivity contribution < 1.29 is 23.9 Å². The number of rotatable bonds is 6. The summed E-state index contributed by atoms with van der Waals surface area (Å²) in [6.45, 7) is 2.68. The zero-order valence-electron chi connectivity index (χ0n) is 19.1. The van der Waals surface area contributed by atoms with E-state index in [9.17, 15) is 14.4 Å². The Kier molecular flexibility index (Phi) is 7.04. The van der Waals surface area contributed by atoms with E-state index < -0.39 is 29.4 Å². The van der Waals surface area contributed by atoms with Gasteiger partial charge in [-0.05, 0) is 48.4 Å². The molecule has 2 atom stereocenters. The second-order valence-corrected chi connectivity index (χ2v) is 10.9. The highest BCUT2D eigenvalue weighted by atomic mass is 79.9. The SMILES string of the molecule is O=C(COC(=O)C1CSC2(c3ccc(Br)cc3)CCC(=O)N12)Nc1ccc(N2CCOCC2)cc1. The second-order valence-electron chi connectivity index (χ2n) is 8.68. The molecular formula is C25H26BrN3O5S. The third-order valence-electron chi connectivity index (χ3n) is 6.57. The molecule has 3 saturated heterocycles. The van der Waals surface area contributed by atoms with Gasteiger partial charge in [-0.2, -0.15) is 0 Å². The van der Waals surface area contributed by atoms with E-state index in [0.29, 0.717) is 37.5 Å². The van der Waals surface area contributed by atoms with Crippen molar-refractivity contribution in [3.8, 4) is 0 Å². The van der Waals surface area contributed by atoms with Gasteiger partial charge in [0.1, 0.15) is 10.9 Å². The average Bonchev–Trinajstić information content (AvgIpc) is 3.43. The maximum atomic E-state index is 12.9. The first kappa shape index (κ1) is 24.1. The van der Waals surface area contributed by atoms with Gasteiger partial charge in [0.05, 0.1) is 13.2 Å². The van der Waals surface area contributed by atoms with Crippen molar-refractivity contribution in [1.82, 2.24) is 4.90 Å². The Labute approximate surface area is 216 Å². The zero-order valence-corrected chi connectivity index (χ0v) is 21.5. The summed E-state index contributed by atoms with van der Waals surface area (Å²) in [6, 6.07) is 14.7. The zero-order chi connectivity index (χ0) is 24.4. The third kappa shape index (κ3) is 4.92. The van der Waals surface area contributed by atoms with Gasteiger partial charge in [-0.15, -0.1) is 11.8 Å². The normalized spacial score (nSPS) is 23.8. The van der Waals surface area contributed by atoms with E-state index in [1.54, 1.807) is 16.7 Å². The van der Waals surface area contributed by atoms with Crippen LogP contribution < -0.4 is 10.2 Å². The van der Waals surface area contributed by atoms with Crippen LogP contribution in [0.25, 0.3) is 0 Å². The summed E-state index contributed by atoms with van der Waals surface area (Å²) in [7, 11) is 0. The van der Waals surface area contributed by atoms with Crippen molar-refractivity contribution >= 4 is 56.9 Å². The lowest BCUT2D eigenvalue weighted by Gasteiger charge is -2.33. The van der Waals surface area contributed by atoms with Crippen LogP contribution in [0.5, 0.6) is 0 Å². The van der Waals surface area contributed by atoms with Crippen molar-refractivity contribution in [2.45, 2.75) is 23.8 Å². The summed E-state index contributed by atoms with van der Waals surface area (Å²) in [6.07, 6.45) is 1.02. The van der Waals surface area contributed by atoms with Crippen molar-refractivity contribution in [1.29, 1.82) is 0 Å². The minimum atomic E-state index is -0.709. The number of ether oxygens (including phenoxy) is 2. The van der Waals surface area contributed by atoms with Crippen LogP contribution in [-0.2, 0) is 28.7 Å². The number of morpholine rings is 1. The van der Waals surface area contributed by atoms with Crippen LogP contribution in [0, 0.1) is 0 Å². The molecule has 3 fully saturated rings. The van der Waals surface area contributed by atoms with Crippen LogP contribution in [0.15, 0.2) is 53.0 Å². The van der Waals surface area contributed by atoms with Crippen LogP contribution in [0.4, 0.5) is 11.4 Å². The Morgan fingerprint density at radius 2 is 1.83 bits per heavy atom. The van der Waals surface area contributed by atoms with Gasteiger partial charge < -0.3 is 24.6 Å². The standard InChI is InChI=1S/C25H26BrN3O5S/c26-18-3-1-17(2-4-18)25-10-9-23(31)29(25)21(16-35-25)24(32)34-15-22(30)27-19-5-7-20(8-6-19)28-11-13-33-14-12-28/h1-8,21H,9-16H2,(H,27,30). The number of nitrogens with zero attached hydrogens (tertiary/aromatic N) is 2. The fraction of sp³-hybridized carbons (Fsp3) is 0.400. The molecule has 8 nitrogen and oxygen atoms in total. The molecule has 0 aromatic heterocycles. The molecule has 1 N–H and O–H groups in total. The lowest BCUT2D eigenvalue weighted by Crippen LogP contribution is -2.47. The number of carbonyl (C=O) groups is 3. The topological polar surface area (TPSA) is 88.2 Å². The first-order chi connectivity index (χ1) is 17.0. The number of anilines is 2. The van der Waals surface area contributed by atoms with Gasteiger partial charge in [0, 0.05) is 41.1 Å². The summed E-state index contributed by atoms with van der Waals surface area (Å²) in [5.41, 5.74) is 2.69. The van der Waals surface area contributed by atoms with Crippen molar-refractivity contribution in [3.05, 3.63) is 58.6 Å². The molecule has 2 unspecified atom stereocenters. The Bertz CT molecular complexity index is 1110. The molecule has 184 valence electrons. The highest BCUT2D eigenvalue weighted by Gasteiger charge is 2.57. The number of esters is 1. The number of hydrogen-bond donors (Lipinski definition) is 1. The summed E-state index contributed by atoms with van der Waals surface area (Å²) in [4.78, 5) is 41.4. The smallest absolute Gasteiger partial charge is 0.330 e. The fourth-order valence-electron chi connectivity index (χ4n) is 4.83. The fourth-order valence-corrected chi connectivity index (χ4v) is 6.74. The molecule has 0 saturated carbocycles.